The molecule has 1 N–H and O–H groups in total. The number of aliphatic hydroxyl groups excluding tert-OH is 1. The van der Waals surface area contributed by atoms with Gasteiger partial charge in [0.15, 0.2) is 9.84 Å². The fraction of sp³-hybridized carbons (Fsp3) is 0.455. The third kappa shape index (κ3) is 4.44. The van der Waals surface area contributed by atoms with Crippen molar-refractivity contribution in [2.45, 2.75) is 13.3 Å². The van der Waals surface area contributed by atoms with Gasteiger partial charge in [0, 0.05) is 0 Å². The van der Waals surface area contributed by atoms with E-state index in [1.54, 1.807) is 0 Å². The fourth-order valence-electron chi connectivity index (χ4n) is 1.27. The number of hydrogen-bond donors (Lipinski definition) is 1. The van der Waals surface area contributed by atoms with E-state index in [4.69, 9.17) is 5.11 Å². The maximum Gasteiger partial charge on any atom is 0.152 e. The Kier molecular flexibility index (Phi) is 4.29. The van der Waals surface area contributed by atoms with Crippen molar-refractivity contribution in [1.82, 2.24) is 0 Å². The zero-order valence-electron chi connectivity index (χ0n) is 8.81. The third-order valence-corrected chi connectivity index (χ3v) is 3.86. The standard InChI is InChI=1S/C11H16O3S/c1-10-2-4-11(5-3-10)6-8-15(13,14)9-7-12/h2-5,12H,6-9H2,1H3. The van der Waals surface area contributed by atoms with Crippen LogP contribution in [0.5, 0.6) is 0 Å². The van der Waals surface area contributed by atoms with Crippen LogP contribution >= 0.6 is 0 Å². The zero-order valence-corrected chi connectivity index (χ0v) is 9.63. The van der Waals surface area contributed by atoms with E-state index >= 15 is 0 Å². The van der Waals surface area contributed by atoms with Crippen molar-refractivity contribution in [2.24, 2.45) is 0 Å². The van der Waals surface area contributed by atoms with E-state index in [1.165, 1.54) is 0 Å². The van der Waals surface area contributed by atoms with Gasteiger partial charge >= 0.3 is 0 Å². The van der Waals surface area contributed by atoms with Gasteiger partial charge in [0.05, 0.1) is 18.1 Å². The van der Waals surface area contributed by atoms with Gasteiger partial charge in [-0.1, -0.05) is 29.8 Å². The van der Waals surface area contributed by atoms with Crippen molar-refractivity contribution in [3.63, 3.8) is 0 Å². The van der Waals surface area contributed by atoms with Crippen molar-refractivity contribution in [1.29, 1.82) is 0 Å². The summed E-state index contributed by atoms with van der Waals surface area (Å²) in [5.41, 5.74) is 2.18. The second-order valence-corrected chi connectivity index (χ2v) is 5.91. The quantitative estimate of drug-likeness (QED) is 0.816. The lowest BCUT2D eigenvalue weighted by Crippen LogP contribution is -2.15. The van der Waals surface area contributed by atoms with Crippen LogP contribution in [0.1, 0.15) is 11.1 Å². The average Bonchev–Trinajstić information content (AvgIpc) is 2.17. The highest BCUT2D eigenvalue weighted by Gasteiger charge is 2.09. The lowest BCUT2D eigenvalue weighted by Gasteiger charge is -2.03. The molecule has 0 spiro atoms. The second-order valence-electron chi connectivity index (χ2n) is 3.61. The maximum absolute atomic E-state index is 11.3. The van der Waals surface area contributed by atoms with Gasteiger partial charge in [-0.2, -0.15) is 0 Å². The highest BCUT2D eigenvalue weighted by Crippen LogP contribution is 2.05. The molecule has 0 unspecified atom stereocenters. The molecule has 0 saturated carbocycles. The Labute approximate surface area is 90.7 Å². The molecule has 1 aromatic carbocycles. The molecule has 84 valence electrons. The normalized spacial score (nSPS) is 11.6. The van der Waals surface area contributed by atoms with E-state index in [-0.39, 0.29) is 18.1 Å². The molecule has 0 aliphatic rings. The van der Waals surface area contributed by atoms with Gasteiger partial charge in [0.25, 0.3) is 0 Å². The van der Waals surface area contributed by atoms with Crippen LogP contribution in [-0.4, -0.2) is 31.6 Å². The summed E-state index contributed by atoms with van der Waals surface area (Å²) in [6, 6.07) is 7.80. The Morgan fingerprint density at radius 3 is 2.27 bits per heavy atom. The van der Waals surface area contributed by atoms with Crippen LogP contribution in [-0.2, 0) is 16.3 Å². The number of aryl methyl sites for hydroxylation is 2. The third-order valence-electron chi connectivity index (χ3n) is 2.22. The van der Waals surface area contributed by atoms with Gasteiger partial charge in [-0.3, -0.25) is 0 Å². The molecule has 0 amide bonds. The molecule has 0 aromatic heterocycles. The zero-order chi connectivity index (χ0) is 11.3. The minimum absolute atomic E-state index is 0.108. The summed E-state index contributed by atoms with van der Waals surface area (Å²) in [6.07, 6.45) is 0.516. The van der Waals surface area contributed by atoms with Crippen molar-refractivity contribution < 1.29 is 13.5 Å². The lowest BCUT2D eigenvalue weighted by atomic mass is 10.1. The molecule has 0 aliphatic carbocycles. The summed E-state index contributed by atoms with van der Waals surface area (Å²) in [4.78, 5) is 0. The summed E-state index contributed by atoms with van der Waals surface area (Å²) in [5, 5.41) is 8.56. The number of benzene rings is 1. The summed E-state index contributed by atoms with van der Waals surface area (Å²) < 4.78 is 22.6. The Hall–Kier alpha value is -0.870. The average molecular weight is 228 g/mol. The molecule has 0 bridgehead atoms. The maximum atomic E-state index is 11.3. The number of rotatable bonds is 5. The molecular weight excluding hydrogens is 212 g/mol. The molecular formula is C11H16O3S. The van der Waals surface area contributed by atoms with E-state index in [9.17, 15) is 8.42 Å². The van der Waals surface area contributed by atoms with Crippen LogP contribution in [0.2, 0.25) is 0 Å². The van der Waals surface area contributed by atoms with Crippen molar-refractivity contribution in [2.75, 3.05) is 18.1 Å². The first-order valence-electron chi connectivity index (χ1n) is 4.90. The molecule has 1 aromatic rings. The van der Waals surface area contributed by atoms with E-state index in [0.717, 1.165) is 11.1 Å². The van der Waals surface area contributed by atoms with Crippen molar-refractivity contribution >= 4 is 9.84 Å². The Morgan fingerprint density at radius 2 is 1.73 bits per heavy atom. The second kappa shape index (κ2) is 5.28. The largest absolute Gasteiger partial charge is 0.395 e. The Morgan fingerprint density at radius 1 is 1.13 bits per heavy atom. The molecule has 0 aliphatic heterocycles. The van der Waals surface area contributed by atoms with Gasteiger partial charge < -0.3 is 5.11 Å². The minimum atomic E-state index is -3.09. The summed E-state index contributed by atoms with van der Waals surface area (Å²) in [5.74, 6) is -0.0323. The first-order chi connectivity index (χ1) is 7.03. The highest BCUT2D eigenvalue weighted by molar-refractivity contribution is 7.91. The van der Waals surface area contributed by atoms with Crippen LogP contribution in [0.4, 0.5) is 0 Å². The molecule has 4 heteroatoms. The molecule has 0 radical (unpaired) electrons. The van der Waals surface area contributed by atoms with Crippen LogP contribution in [0.15, 0.2) is 24.3 Å². The molecule has 0 saturated heterocycles. The first kappa shape index (κ1) is 12.2. The predicted octanol–water partition coefficient (Wildman–Crippen LogP) is 0.945. The van der Waals surface area contributed by atoms with Crippen LogP contribution in [0, 0.1) is 6.92 Å². The van der Waals surface area contributed by atoms with E-state index < -0.39 is 9.84 Å². The molecule has 3 nitrogen and oxygen atoms in total. The van der Waals surface area contributed by atoms with Crippen molar-refractivity contribution in [3.05, 3.63) is 35.4 Å². The molecule has 15 heavy (non-hydrogen) atoms. The molecule has 0 atom stereocenters. The minimum Gasteiger partial charge on any atom is -0.395 e. The predicted molar refractivity (Wildman–Crippen MR) is 60.6 cm³/mol. The Bertz CT molecular complexity index is 392. The van der Waals surface area contributed by atoms with Gasteiger partial charge in [-0.15, -0.1) is 0 Å². The monoisotopic (exact) mass is 228 g/mol. The lowest BCUT2D eigenvalue weighted by molar-refractivity contribution is 0.319. The van der Waals surface area contributed by atoms with E-state index in [0.29, 0.717) is 6.42 Å². The van der Waals surface area contributed by atoms with Gasteiger partial charge in [0.1, 0.15) is 0 Å². The van der Waals surface area contributed by atoms with Crippen LogP contribution in [0.25, 0.3) is 0 Å². The van der Waals surface area contributed by atoms with Gasteiger partial charge in [-0.25, -0.2) is 8.42 Å². The molecule has 1 rings (SSSR count). The molecule has 0 fully saturated rings. The summed E-state index contributed by atoms with van der Waals surface area (Å²) >= 11 is 0. The molecule has 0 heterocycles. The smallest absolute Gasteiger partial charge is 0.152 e. The number of aliphatic hydroxyl groups is 1. The number of hydrogen-bond acceptors (Lipinski definition) is 3. The summed E-state index contributed by atoms with van der Waals surface area (Å²) in [7, 11) is -3.09. The van der Waals surface area contributed by atoms with Gasteiger partial charge in [-0.05, 0) is 18.9 Å². The fourth-order valence-corrected chi connectivity index (χ4v) is 2.30. The van der Waals surface area contributed by atoms with Crippen molar-refractivity contribution in [3.8, 4) is 0 Å². The van der Waals surface area contributed by atoms with E-state index in [2.05, 4.69) is 0 Å². The topological polar surface area (TPSA) is 54.4 Å². The van der Waals surface area contributed by atoms with Crippen LogP contribution in [0.3, 0.4) is 0 Å². The van der Waals surface area contributed by atoms with Gasteiger partial charge in [0.2, 0.25) is 0 Å². The highest BCUT2D eigenvalue weighted by atomic mass is 32.2. The first-order valence-corrected chi connectivity index (χ1v) is 6.72. The number of sulfone groups is 1. The van der Waals surface area contributed by atoms with Crippen LogP contribution < -0.4 is 0 Å². The SMILES string of the molecule is Cc1ccc(CCS(=O)(=O)CCO)cc1. The summed E-state index contributed by atoms with van der Waals surface area (Å²) in [6.45, 7) is 1.70. The van der Waals surface area contributed by atoms with E-state index in [1.807, 2.05) is 31.2 Å². The Balaban J connectivity index is 2.54.